The molecule has 0 aliphatic carbocycles. The van der Waals surface area contributed by atoms with Crippen molar-refractivity contribution < 1.29 is 14.3 Å². The molecule has 0 spiro atoms. The van der Waals surface area contributed by atoms with E-state index in [-0.39, 0.29) is 12.0 Å². The topological polar surface area (TPSA) is 63.7 Å². The molecule has 1 aromatic carbocycles. The number of hydrogen-bond acceptors (Lipinski definition) is 5. The Hall–Kier alpha value is -2.76. The Morgan fingerprint density at radius 2 is 1.92 bits per heavy atom. The Bertz CT molecular complexity index is 789. The monoisotopic (exact) mass is 353 g/mol. The summed E-state index contributed by atoms with van der Waals surface area (Å²) < 4.78 is 11.6. The smallest absolute Gasteiger partial charge is 0.265 e. The van der Waals surface area contributed by atoms with Crippen LogP contribution >= 0.6 is 0 Å². The summed E-state index contributed by atoms with van der Waals surface area (Å²) in [5, 5.41) is 2.96. The Balaban J connectivity index is 1.39. The first-order valence-electron chi connectivity index (χ1n) is 9.10. The number of rotatable bonds is 4. The van der Waals surface area contributed by atoms with E-state index in [1.807, 2.05) is 43.3 Å². The van der Waals surface area contributed by atoms with E-state index in [4.69, 9.17) is 9.47 Å². The van der Waals surface area contributed by atoms with Crippen LogP contribution in [0.5, 0.6) is 11.5 Å². The van der Waals surface area contributed by atoms with Gasteiger partial charge in [-0.05, 0) is 49.6 Å². The fourth-order valence-electron chi connectivity index (χ4n) is 3.39. The second kappa shape index (κ2) is 7.23. The molecule has 0 unspecified atom stereocenters. The maximum absolute atomic E-state index is 12.6. The number of nitrogens with zero attached hydrogens (tertiary/aromatic N) is 2. The molecule has 6 heteroatoms. The maximum Gasteiger partial charge on any atom is 0.265 e. The number of nitrogens with one attached hydrogen (secondary N) is 1. The standard InChI is InChI=1S/C20H23N3O3/c1-14-19(26-17-7-3-2-6-16(17)25-14)20(24)22-13-15-8-9-21-18(12-15)23-10-4-5-11-23/h2-3,6-9,12,14,19H,4-5,10-11,13H2,1H3,(H,22,24)/t14-,19+/m0/s1. The van der Waals surface area contributed by atoms with Crippen molar-refractivity contribution in [2.45, 2.75) is 38.5 Å². The molecule has 136 valence electrons. The number of amides is 1. The van der Waals surface area contributed by atoms with E-state index >= 15 is 0 Å². The lowest BCUT2D eigenvalue weighted by atomic mass is 10.1. The van der Waals surface area contributed by atoms with Crippen molar-refractivity contribution in [3.8, 4) is 11.5 Å². The predicted molar refractivity (Wildman–Crippen MR) is 98.5 cm³/mol. The quantitative estimate of drug-likeness (QED) is 0.915. The number of carbonyl (C=O) groups excluding carboxylic acids is 1. The van der Waals surface area contributed by atoms with E-state index < -0.39 is 6.10 Å². The van der Waals surface area contributed by atoms with E-state index in [0.29, 0.717) is 18.0 Å². The lowest BCUT2D eigenvalue weighted by molar-refractivity contribution is -0.133. The van der Waals surface area contributed by atoms with Gasteiger partial charge in [0.2, 0.25) is 6.10 Å². The highest BCUT2D eigenvalue weighted by Crippen LogP contribution is 2.33. The molecule has 0 saturated carbocycles. The Morgan fingerprint density at radius 1 is 1.19 bits per heavy atom. The molecular formula is C20H23N3O3. The first kappa shape index (κ1) is 16.7. The second-order valence-electron chi connectivity index (χ2n) is 6.74. The summed E-state index contributed by atoms with van der Waals surface area (Å²) in [6.07, 6.45) is 3.21. The molecule has 2 aliphatic heterocycles. The zero-order valence-electron chi connectivity index (χ0n) is 14.9. The van der Waals surface area contributed by atoms with Crippen molar-refractivity contribution in [3.05, 3.63) is 48.2 Å². The third-order valence-electron chi connectivity index (χ3n) is 4.81. The number of para-hydroxylation sites is 2. The fourth-order valence-corrected chi connectivity index (χ4v) is 3.39. The summed E-state index contributed by atoms with van der Waals surface area (Å²) in [5.74, 6) is 2.08. The van der Waals surface area contributed by atoms with Gasteiger partial charge in [0.05, 0.1) is 0 Å². The molecule has 3 heterocycles. The number of carbonyl (C=O) groups is 1. The predicted octanol–water partition coefficient (Wildman–Crippen LogP) is 2.53. The molecule has 4 rings (SSSR count). The first-order valence-corrected chi connectivity index (χ1v) is 9.10. The number of ether oxygens (including phenoxy) is 2. The number of anilines is 1. The van der Waals surface area contributed by atoms with E-state index in [1.54, 1.807) is 6.20 Å². The summed E-state index contributed by atoms with van der Waals surface area (Å²) in [5.41, 5.74) is 1.03. The molecule has 1 amide bonds. The van der Waals surface area contributed by atoms with Crippen molar-refractivity contribution in [2.75, 3.05) is 18.0 Å². The van der Waals surface area contributed by atoms with Crippen LogP contribution < -0.4 is 19.7 Å². The molecule has 2 atom stereocenters. The van der Waals surface area contributed by atoms with Gasteiger partial charge in [-0.3, -0.25) is 4.79 Å². The number of benzene rings is 1. The lowest BCUT2D eigenvalue weighted by Crippen LogP contribution is -2.48. The van der Waals surface area contributed by atoms with E-state index in [2.05, 4.69) is 15.2 Å². The highest BCUT2D eigenvalue weighted by Gasteiger charge is 2.33. The van der Waals surface area contributed by atoms with Gasteiger partial charge in [0.25, 0.3) is 5.91 Å². The Morgan fingerprint density at radius 3 is 2.69 bits per heavy atom. The SMILES string of the molecule is C[C@@H]1Oc2ccccc2O[C@H]1C(=O)NCc1ccnc(N2CCCC2)c1. The van der Waals surface area contributed by atoms with Crippen LogP contribution in [0, 0.1) is 0 Å². The summed E-state index contributed by atoms with van der Waals surface area (Å²) in [6.45, 7) is 4.38. The second-order valence-corrected chi connectivity index (χ2v) is 6.74. The van der Waals surface area contributed by atoms with Gasteiger partial charge in [0.15, 0.2) is 11.5 Å². The van der Waals surface area contributed by atoms with Crippen molar-refractivity contribution in [2.24, 2.45) is 0 Å². The van der Waals surface area contributed by atoms with Crippen LogP contribution in [0.4, 0.5) is 5.82 Å². The van der Waals surface area contributed by atoms with E-state index in [9.17, 15) is 4.79 Å². The lowest BCUT2D eigenvalue weighted by Gasteiger charge is -2.31. The molecule has 6 nitrogen and oxygen atoms in total. The van der Waals surface area contributed by atoms with Crippen molar-refractivity contribution in [3.63, 3.8) is 0 Å². The first-order chi connectivity index (χ1) is 12.7. The molecule has 0 bridgehead atoms. The van der Waals surface area contributed by atoms with Gasteiger partial charge in [-0.25, -0.2) is 4.98 Å². The highest BCUT2D eigenvalue weighted by atomic mass is 16.6. The molecule has 2 aromatic rings. The van der Waals surface area contributed by atoms with Crippen LogP contribution in [0.1, 0.15) is 25.3 Å². The van der Waals surface area contributed by atoms with Crippen LogP contribution in [0.2, 0.25) is 0 Å². The van der Waals surface area contributed by atoms with Gasteiger partial charge < -0.3 is 19.7 Å². The molecular weight excluding hydrogens is 330 g/mol. The Labute approximate surface area is 153 Å². The van der Waals surface area contributed by atoms with Gasteiger partial charge >= 0.3 is 0 Å². The largest absolute Gasteiger partial charge is 0.482 e. The van der Waals surface area contributed by atoms with Crippen LogP contribution in [0.15, 0.2) is 42.6 Å². The summed E-state index contributed by atoms with van der Waals surface area (Å²) in [7, 11) is 0. The number of fused-ring (bicyclic) bond motifs is 1. The third-order valence-corrected chi connectivity index (χ3v) is 4.81. The van der Waals surface area contributed by atoms with Gasteiger partial charge in [0, 0.05) is 25.8 Å². The normalized spacial score (nSPS) is 21.5. The maximum atomic E-state index is 12.6. The average molecular weight is 353 g/mol. The van der Waals surface area contributed by atoms with Crippen molar-refractivity contribution in [1.82, 2.24) is 10.3 Å². The molecule has 1 aromatic heterocycles. The van der Waals surface area contributed by atoms with Crippen LogP contribution in [0.25, 0.3) is 0 Å². The minimum absolute atomic E-state index is 0.175. The highest BCUT2D eigenvalue weighted by molar-refractivity contribution is 5.82. The molecule has 1 fully saturated rings. The number of aromatic nitrogens is 1. The van der Waals surface area contributed by atoms with Crippen LogP contribution in [-0.4, -0.2) is 36.2 Å². The zero-order chi connectivity index (χ0) is 17.9. The summed E-state index contributed by atoms with van der Waals surface area (Å²) in [4.78, 5) is 19.3. The summed E-state index contributed by atoms with van der Waals surface area (Å²) in [6, 6.07) is 11.4. The Kier molecular flexibility index (Phi) is 4.65. The third kappa shape index (κ3) is 3.45. The number of hydrogen-bond donors (Lipinski definition) is 1. The van der Waals surface area contributed by atoms with Crippen LogP contribution in [0.3, 0.4) is 0 Å². The van der Waals surface area contributed by atoms with Crippen LogP contribution in [-0.2, 0) is 11.3 Å². The van der Waals surface area contributed by atoms with E-state index in [0.717, 1.165) is 24.5 Å². The minimum atomic E-state index is -0.662. The molecule has 0 radical (unpaired) electrons. The van der Waals surface area contributed by atoms with Crippen molar-refractivity contribution >= 4 is 11.7 Å². The van der Waals surface area contributed by atoms with E-state index in [1.165, 1.54) is 12.8 Å². The fraction of sp³-hybridized carbons (Fsp3) is 0.400. The molecule has 26 heavy (non-hydrogen) atoms. The van der Waals surface area contributed by atoms with Gasteiger partial charge in [-0.1, -0.05) is 12.1 Å². The molecule has 1 saturated heterocycles. The average Bonchev–Trinajstić information content (AvgIpc) is 3.20. The molecule has 2 aliphatic rings. The minimum Gasteiger partial charge on any atom is -0.482 e. The van der Waals surface area contributed by atoms with Gasteiger partial charge in [-0.15, -0.1) is 0 Å². The van der Waals surface area contributed by atoms with Gasteiger partial charge in [0.1, 0.15) is 11.9 Å². The number of pyridine rings is 1. The molecule has 1 N–H and O–H groups in total. The van der Waals surface area contributed by atoms with Gasteiger partial charge in [-0.2, -0.15) is 0 Å². The summed E-state index contributed by atoms with van der Waals surface area (Å²) >= 11 is 0. The zero-order valence-corrected chi connectivity index (χ0v) is 14.9. The van der Waals surface area contributed by atoms with Crippen molar-refractivity contribution in [1.29, 1.82) is 0 Å².